The number of nitrogens with one attached hydrogen (secondary N) is 2. The first kappa shape index (κ1) is 55.9. The largest absolute Gasteiger partial charge is 0.472 e. The molecule has 4 fully saturated rings. The number of rotatable bonds is 20. The molecule has 0 saturated carbocycles. The number of aromatic nitrogens is 14. The molecule has 43 heteroatoms. The van der Waals surface area contributed by atoms with Crippen molar-refractivity contribution in [1.82, 2.24) is 68.1 Å². The molecule has 3 unspecified atom stereocenters. The SMILES string of the molecule is Nc1ncn([C@H]2C[C@@H](O)[C@@H](COP(=O)(O)O[C@@H]3C[C@H](n4cnc5c(=O)[nH]c(N)nc54)O[C@@H]3COP(=O)(O)O[C@@H]3C[C@H](n4cnc5c(=O)[nH]c(N)nc54)O[C@@H]3COP(=O)(O)O[C@@H]3C[C@H](n4cnc(N)nc4=O)O[C@@H]3CO)O2)c(=O)n1. The fourth-order valence-corrected chi connectivity index (χ4v) is 11.8. The van der Waals surface area contributed by atoms with Crippen molar-refractivity contribution in [2.75, 3.05) is 49.4 Å². The number of nitrogens with zero attached hydrogens (tertiary/aromatic N) is 12. The molecule has 4 aliphatic heterocycles. The molecule has 40 nitrogen and oxygen atoms in total. The van der Waals surface area contributed by atoms with E-state index >= 15 is 0 Å². The zero-order valence-corrected chi connectivity index (χ0v) is 42.8. The Balaban J connectivity index is 0.849. The fourth-order valence-electron chi connectivity index (χ4n) is 8.97. The van der Waals surface area contributed by atoms with Crippen molar-refractivity contribution in [2.45, 2.75) is 99.4 Å². The van der Waals surface area contributed by atoms with E-state index in [0.29, 0.717) is 0 Å². The van der Waals surface area contributed by atoms with E-state index in [0.717, 1.165) is 34.4 Å². The van der Waals surface area contributed by atoms with E-state index < -0.39 is 153 Å². The molecule has 10 rings (SSSR count). The van der Waals surface area contributed by atoms with Crippen molar-refractivity contribution in [3.8, 4) is 0 Å². The van der Waals surface area contributed by atoms with Crippen molar-refractivity contribution in [2.24, 2.45) is 0 Å². The monoisotopic (exact) mass is 1180 g/mol. The number of fused-ring (bicyclic) bond motifs is 2. The number of hydrogen-bond acceptors (Lipinski definition) is 31. The van der Waals surface area contributed by atoms with Gasteiger partial charge in [-0.3, -0.25) is 65.0 Å². The highest BCUT2D eigenvalue weighted by Gasteiger charge is 2.48. The summed E-state index contributed by atoms with van der Waals surface area (Å²) in [5.74, 6) is -1.28. The number of aliphatic hydroxyl groups excluding tert-OH is 2. The van der Waals surface area contributed by atoms with Crippen LogP contribution >= 0.6 is 23.5 Å². The summed E-state index contributed by atoms with van der Waals surface area (Å²) in [7, 11) is -15.8. The maximum Gasteiger partial charge on any atom is 0.472 e. The van der Waals surface area contributed by atoms with Crippen molar-refractivity contribution in [1.29, 1.82) is 0 Å². The molecule has 4 saturated heterocycles. The summed E-state index contributed by atoms with van der Waals surface area (Å²) in [6.45, 7) is -3.44. The van der Waals surface area contributed by atoms with Gasteiger partial charge in [0.05, 0.1) is 45.2 Å². The summed E-state index contributed by atoms with van der Waals surface area (Å²) >= 11 is 0. The Morgan fingerprint density at radius 2 is 0.886 bits per heavy atom. The molecular formula is C36H47N18O22P3. The third-order valence-corrected chi connectivity index (χ3v) is 15.6. The Morgan fingerprint density at radius 3 is 1.30 bits per heavy atom. The van der Waals surface area contributed by atoms with Gasteiger partial charge in [0.2, 0.25) is 23.8 Å². The molecule has 10 heterocycles. The number of H-pyrrole nitrogens is 2. The van der Waals surface area contributed by atoms with E-state index in [1.807, 2.05) is 0 Å². The van der Waals surface area contributed by atoms with Gasteiger partial charge < -0.3 is 66.8 Å². The first-order valence-electron chi connectivity index (χ1n) is 23.2. The highest BCUT2D eigenvalue weighted by atomic mass is 31.2. The number of hydrogen-bond donors (Lipinski definition) is 11. The summed E-state index contributed by atoms with van der Waals surface area (Å²) in [6.07, 6.45) is -13.4. The second kappa shape index (κ2) is 21.9. The number of phosphoric acid groups is 3. The second-order valence-electron chi connectivity index (χ2n) is 17.8. The molecule has 15 N–H and O–H groups in total. The fraction of sp³-hybridized carbons (Fsp3) is 0.556. The minimum Gasteiger partial charge on any atom is -0.394 e. The van der Waals surface area contributed by atoms with Gasteiger partial charge in [-0.05, 0) is 0 Å². The lowest BCUT2D eigenvalue weighted by Crippen LogP contribution is -2.31. The average Bonchev–Trinajstić information content (AvgIpc) is 4.43. The number of anilines is 4. The van der Waals surface area contributed by atoms with Gasteiger partial charge in [0.15, 0.2) is 22.3 Å². The van der Waals surface area contributed by atoms with Gasteiger partial charge in [0.25, 0.3) is 11.1 Å². The Bertz CT molecular complexity index is 3650. The number of aliphatic hydroxyl groups is 2. The number of nitrogen functional groups attached to an aromatic ring is 4. The van der Waals surface area contributed by atoms with E-state index in [4.69, 9.17) is 69.0 Å². The normalized spacial score (nSPS) is 29.5. The van der Waals surface area contributed by atoms with Crippen LogP contribution in [0.3, 0.4) is 0 Å². The number of ether oxygens (including phenoxy) is 4. The molecule has 6 aromatic rings. The Labute approximate surface area is 437 Å². The third-order valence-electron chi connectivity index (χ3n) is 12.6. The van der Waals surface area contributed by atoms with Gasteiger partial charge in [0, 0.05) is 25.7 Å². The van der Waals surface area contributed by atoms with Crippen LogP contribution < -0.4 is 45.4 Å². The van der Waals surface area contributed by atoms with Gasteiger partial charge in [-0.2, -0.15) is 19.9 Å². The summed E-state index contributed by atoms with van der Waals surface area (Å²) in [5, 5.41) is 20.7. The Kier molecular flexibility index (Phi) is 15.5. The van der Waals surface area contributed by atoms with Crippen LogP contribution in [0, 0.1) is 0 Å². The Hall–Kier alpha value is -6.39. The first-order valence-corrected chi connectivity index (χ1v) is 27.6. The molecule has 0 radical (unpaired) electrons. The first-order chi connectivity index (χ1) is 37.4. The predicted octanol–water partition coefficient (Wildman–Crippen LogP) is -4.10. The molecule has 4 aliphatic rings. The van der Waals surface area contributed by atoms with Gasteiger partial charge in [-0.1, -0.05) is 0 Å². The maximum absolute atomic E-state index is 14.0. The lowest BCUT2D eigenvalue weighted by molar-refractivity contribution is -0.0627. The van der Waals surface area contributed by atoms with E-state index in [1.165, 1.54) is 9.13 Å². The maximum atomic E-state index is 14.0. The summed E-state index contributed by atoms with van der Waals surface area (Å²) in [6, 6.07) is 0. The smallest absolute Gasteiger partial charge is 0.394 e. The number of aromatic amines is 2. The van der Waals surface area contributed by atoms with E-state index in [-0.39, 0.29) is 65.4 Å². The van der Waals surface area contributed by atoms with Crippen molar-refractivity contribution in [3.05, 3.63) is 67.0 Å². The second-order valence-corrected chi connectivity index (χ2v) is 22.0. The molecule has 0 bridgehead atoms. The van der Waals surface area contributed by atoms with Crippen LogP contribution in [0.5, 0.6) is 0 Å². The molecule has 0 spiro atoms. The zero-order valence-electron chi connectivity index (χ0n) is 40.1. The quantitative estimate of drug-likeness (QED) is 0.0324. The molecular weight excluding hydrogens is 1130 g/mol. The van der Waals surface area contributed by atoms with Crippen molar-refractivity contribution in [3.63, 3.8) is 0 Å². The van der Waals surface area contributed by atoms with Crippen LogP contribution in [-0.2, 0) is 59.8 Å². The molecule has 0 amide bonds. The topological polar surface area (TPSA) is 571 Å². The molecule has 6 aromatic heterocycles. The summed E-state index contributed by atoms with van der Waals surface area (Å²) in [4.78, 5) is 119. The van der Waals surface area contributed by atoms with Crippen molar-refractivity contribution < 1.29 is 84.7 Å². The minimum atomic E-state index is -5.40. The number of imidazole rings is 2. The Morgan fingerprint density at radius 1 is 0.532 bits per heavy atom. The summed E-state index contributed by atoms with van der Waals surface area (Å²) < 4.78 is 101. The number of nitrogens with two attached hydrogens (primary N) is 4. The van der Waals surface area contributed by atoms with Crippen LogP contribution in [-0.4, -0.2) is 168 Å². The van der Waals surface area contributed by atoms with Crippen LogP contribution in [0.25, 0.3) is 22.3 Å². The van der Waals surface area contributed by atoms with Crippen LogP contribution in [0.1, 0.15) is 50.6 Å². The lowest BCUT2D eigenvalue weighted by Gasteiger charge is -2.25. The molecule has 428 valence electrons. The summed E-state index contributed by atoms with van der Waals surface area (Å²) in [5.41, 5.74) is 18.7. The zero-order chi connectivity index (χ0) is 56.3. The molecule has 79 heavy (non-hydrogen) atoms. The highest BCUT2D eigenvalue weighted by Crippen LogP contribution is 2.54. The molecule has 15 atom stereocenters. The highest BCUT2D eigenvalue weighted by molar-refractivity contribution is 7.48. The standard InChI is InChI=1S/C36H47N18O22P3/c37-31-43-11-53(35(59)49-31)21-1-13(56)18(71-21)6-67-77(61,62)75-15-3-22(51-9-41-25-27(51)45-33(39)47-29(25)57)73-20(15)8-69-79(65,66)76-16-4-23(52-10-42-26-28(52)46-34(40)48-30(26)58)72-19(16)7-68-78(63,64)74-14-2-24(70-17(14)5-55)54-12-44-32(38)50-36(54)60/h9-24,55-56H,1-8H2,(H,61,62)(H,63,64)(H,65,66)(H2,37,49,59)(H2,38,50,60)(H3,39,45,47,57)(H3,40,46,48,58)/t13-,14-,15-,16-,17-,18-,19-,20-,21-,22-,23-,24-/m1/s1. The van der Waals surface area contributed by atoms with E-state index in [9.17, 15) is 57.8 Å². The van der Waals surface area contributed by atoms with Gasteiger partial charge in [-0.15, -0.1) is 0 Å². The van der Waals surface area contributed by atoms with Gasteiger partial charge >= 0.3 is 34.8 Å². The molecule has 0 aromatic carbocycles. The van der Waals surface area contributed by atoms with E-state index in [1.54, 1.807) is 0 Å². The van der Waals surface area contributed by atoms with Crippen LogP contribution in [0.15, 0.2) is 44.5 Å². The van der Waals surface area contributed by atoms with E-state index in [2.05, 4.69) is 49.8 Å². The predicted molar refractivity (Wildman–Crippen MR) is 256 cm³/mol. The van der Waals surface area contributed by atoms with Crippen molar-refractivity contribution >= 4 is 69.6 Å². The average molecular weight is 1180 g/mol. The lowest BCUT2D eigenvalue weighted by atomic mass is 10.2. The molecule has 0 aliphatic carbocycles. The van der Waals surface area contributed by atoms with Crippen LogP contribution in [0.4, 0.5) is 23.8 Å². The minimum absolute atomic E-state index is 0.104. The van der Waals surface area contributed by atoms with Gasteiger partial charge in [0.1, 0.15) is 80.3 Å². The van der Waals surface area contributed by atoms with Gasteiger partial charge in [-0.25, -0.2) is 43.2 Å². The number of phosphoric ester groups is 3. The van der Waals surface area contributed by atoms with Crippen LogP contribution in [0.2, 0.25) is 0 Å². The third kappa shape index (κ3) is 12.2.